The fraction of sp³-hybridized carbons (Fsp3) is 0.429. The minimum atomic E-state index is -0.560. The third-order valence-corrected chi connectivity index (χ3v) is 1.50. The van der Waals surface area contributed by atoms with E-state index in [1.807, 2.05) is 0 Å². The Morgan fingerprint density at radius 1 is 1.54 bits per heavy atom. The van der Waals surface area contributed by atoms with Gasteiger partial charge in [-0.15, -0.1) is 0 Å². The zero-order valence-electron chi connectivity index (χ0n) is 7.44. The van der Waals surface area contributed by atoms with Crippen molar-refractivity contribution >= 4 is 43.0 Å². The highest BCUT2D eigenvalue weighted by Crippen LogP contribution is 2.10. The van der Waals surface area contributed by atoms with Crippen molar-refractivity contribution in [2.45, 2.75) is 13.8 Å². The van der Waals surface area contributed by atoms with Crippen molar-refractivity contribution in [1.82, 2.24) is 9.78 Å². The molecule has 0 N–H and O–H groups in total. The summed E-state index contributed by atoms with van der Waals surface area (Å²) in [5, 5.41) is 3.75. The highest BCUT2D eigenvalue weighted by atomic mass is 128. The van der Waals surface area contributed by atoms with E-state index >= 15 is 0 Å². The number of hydrogen-bond acceptors (Lipinski definition) is 2. The first-order chi connectivity index (χ1) is 6.04. The van der Waals surface area contributed by atoms with Crippen LogP contribution in [0.1, 0.15) is 23.0 Å². The maximum absolute atomic E-state index is 13.0. The lowest BCUT2D eigenvalue weighted by Gasteiger charge is -1.90. The Balaban J connectivity index is 0.000000671. The quantitative estimate of drug-likeness (QED) is 0.528. The molecule has 6 heteroatoms. The van der Waals surface area contributed by atoms with Crippen molar-refractivity contribution in [3.05, 3.63) is 17.2 Å². The van der Waals surface area contributed by atoms with Gasteiger partial charge < -0.3 is 0 Å². The summed E-state index contributed by atoms with van der Waals surface area (Å²) in [7, 11) is 1.47. The van der Waals surface area contributed by atoms with Crippen molar-refractivity contribution in [1.29, 1.82) is 0 Å². The molecule has 0 amide bonds. The second-order valence-corrected chi connectivity index (χ2v) is 2.43. The van der Waals surface area contributed by atoms with Crippen molar-refractivity contribution in [3.8, 4) is 0 Å². The Kier molecular flexibility index (Phi) is 6.01. The number of carbonyl (C=O) groups is 1. The minimum Gasteiger partial charge on any atom is -0.294 e. The topological polar surface area (TPSA) is 34.9 Å². The van der Waals surface area contributed by atoms with E-state index in [1.165, 1.54) is 14.0 Å². The number of halogens is 3. The monoisotopic (exact) mass is 410 g/mol. The SMILES string of the molecule is CC(=O)c1c(C)nn(C)c1F.II. The van der Waals surface area contributed by atoms with Crippen LogP contribution < -0.4 is 0 Å². The summed E-state index contributed by atoms with van der Waals surface area (Å²) in [4.78, 5) is 10.8. The summed E-state index contributed by atoms with van der Waals surface area (Å²) in [5.74, 6) is -0.844. The predicted octanol–water partition coefficient (Wildman–Crippen LogP) is 2.84. The average molecular weight is 410 g/mol. The molecule has 0 saturated carbocycles. The number of Topliss-reactive ketones (excluding diaryl/α,β-unsaturated/α-hetero) is 1. The van der Waals surface area contributed by atoms with E-state index in [0.29, 0.717) is 5.69 Å². The lowest BCUT2D eigenvalue weighted by Crippen LogP contribution is -1.98. The number of rotatable bonds is 1. The van der Waals surface area contributed by atoms with Gasteiger partial charge in [-0.05, 0) is 13.8 Å². The van der Waals surface area contributed by atoms with E-state index in [2.05, 4.69) is 42.3 Å². The Hall–Kier alpha value is 0.270. The molecule has 0 aromatic carbocycles. The molecule has 0 saturated heterocycles. The minimum absolute atomic E-state index is 0.0903. The summed E-state index contributed by atoms with van der Waals surface area (Å²) in [5.41, 5.74) is 0.532. The fourth-order valence-corrected chi connectivity index (χ4v) is 1.03. The highest BCUT2D eigenvalue weighted by molar-refractivity contribution is 15.0. The molecule has 74 valence electrons. The van der Waals surface area contributed by atoms with Crippen LogP contribution in [0.3, 0.4) is 0 Å². The Morgan fingerprint density at radius 3 is 2.15 bits per heavy atom. The molecule has 1 rings (SSSR count). The normalized spacial score (nSPS) is 9.08. The highest BCUT2D eigenvalue weighted by Gasteiger charge is 2.15. The Bertz CT molecular complexity index is 312. The van der Waals surface area contributed by atoms with Gasteiger partial charge in [0.25, 0.3) is 0 Å². The molecular weight excluding hydrogens is 401 g/mol. The molecule has 0 aliphatic carbocycles. The van der Waals surface area contributed by atoms with Gasteiger partial charge in [-0.3, -0.25) is 4.79 Å². The maximum Gasteiger partial charge on any atom is 0.222 e. The predicted molar refractivity (Wildman–Crippen MR) is 65.9 cm³/mol. The van der Waals surface area contributed by atoms with Crippen molar-refractivity contribution in [2.75, 3.05) is 0 Å². The van der Waals surface area contributed by atoms with E-state index < -0.39 is 5.95 Å². The lowest BCUT2D eigenvalue weighted by atomic mass is 10.2. The molecule has 0 aliphatic heterocycles. The molecule has 13 heavy (non-hydrogen) atoms. The van der Waals surface area contributed by atoms with Gasteiger partial charge in [-0.2, -0.15) is 9.49 Å². The maximum atomic E-state index is 13.0. The number of nitrogens with zero attached hydrogens (tertiary/aromatic N) is 2. The first kappa shape index (κ1) is 13.3. The molecule has 0 unspecified atom stereocenters. The van der Waals surface area contributed by atoms with Gasteiger partial charge in [0.2, 0.25) is 5.95 Å². The number of carbonyl (C=O) groups excluding carboxylic acids is 1. The van der Waals surface area contributed by atoms with Crippen LogP contribution in [-0.4, -0.2) is 15.6 Å². The smallest absolute Gasteiger partial charge is 0.222 e. The molecule has 0 spiro atoms. The van der Waals surface area contributed by atoms with Crippen LogP contribution in [0.4, 0.5) is 4.39 Å². The Labute approximate surface area is 99.4 Å². The standard InChI is InChI=1S/C7H9FN2O.I2/c1-4-6(5(2)11)7(8)10(3)9-4;1-2/h1-3H3;. The molecule has 1 heterocycles. The van der Waals surface area contributed by atoms with Crippen LogP contribution in [0.25, 0.3) is 0 Å². The molecule has 1 aromatic rings. The molecule has 3 nitrogen and oxygen atoms in total. The number of ketones is 1. The molecule has 0 radical (unpaired) electrons. The van der Waals surface area contributed by atoms with E-state index in [0.717, 1.165) is 4.68 Å². The second kappa shape index (κ2) is 5.89. The first-order valence-corrected chi connectivity index (χ1v) is 9.67. The summed E-state index contributed by atoms with van der Waals surface area (Å²) in [6.07, 6.45) is 0. The van der Waals surface area contributed by atoms with Crippen LogP contribution in [0, 0.1) is 12.9 Å². The molecule has 0 atom stereocenters. The number of aryl methyl sites for hydroxylation is 2. The average Bonchev–Trinajstić information content (AvgIpc) is 2.30. The molecular formula is C7H9FI2N2O. The zero-order valence-corrected chi connectivity index (χ0v) is 11.8. The van der Waals surface area contributed by atoms with E-state index in [1.54, 1.807) is 6.92 Å². The van der Waals surface area contributed by atoms with Crippen LogP contribution in [0.2, 0.25) is 0 Å². The summed E-state index contributed by atoms with van der Waals surface area (Å²) < 4.78 is 14.0. The largest absolute Gasteiger partial charge is 0.294 e. The van der Waals surface area contributed by atoms with Gasteiger partial charge >= 0.3 is 0 Å². The first-order valence-electron chi connectivity index (χ1n) is 3.38. The summed E-state index contributed by atoms with van der Waals surface area (Å²) in [6, 6.07) is 0. The van der Waals surface area contributed by atoms with E-state index in [9.17, 15) is 9.18 Å². The molecule has 0 fully saturated rings. The van der Waals surface area contributed by atoms with Gasteiger partial charge in [-0.25, -0.2) is 4.68 Å². The van der Waals surface area contributed by atoms with Crippen LogP contribution >= 0.6 is 37.2 Å². The molecule has 0 aliphatic rings. The van der Waals surface area contributed by atoms with Crippen molar-refractivity contribution in [3.63, 3.8) is 0 Å². The summed E-state index contributed by atoms with van der Waals surface area (Å²) in [6.45, 7) is 2.94. The third kappa shape index (κ3) is 3.15. The van der Waals surface area contributed by atoms with Crippen molar-refractivity contribution < 1.29 is 9.18 Å². The lowest BCUT2D eigenvalue weighted by molar-refractivity contribution is 0.101. The van der Waals surface area contributed by atoms with Gasteiger partial charge in [0, 0.05) is 44.3 Å². The van der Waals surface area contributed by atoms with Crippen LogP contribution in [-0.2, 0) is 7.05 Å². The third-order valence-electron chi connectivity index (χ3n) is 1.50. The zero-order chi connectivity index (χ0) is 10.6. The van der Waals surface area contributed by atoms with Gasteiger partial charge in [0.1, 0.15) is 0 Å². The van der Waals surface area contributed by atoms with Gasteiger partial charge in [-0.1, -0.05) is 0 Å². The van der Waals surface area contributed by atoms with Crippen LogP contribution in [0.15, 0.2) is 0 Å². The van der Waals surface area contributed by atoms with E-state index in [4.69, 9.17) is 0 Å². The fourth-order valence-electron chi connectivity index (χ4n) is 1.03. The Morgan fingerprint density at radius 2 is 2.00 bits per heavy atom. The van der Waals surface area contributed by atoms with Gasteiger partial charge in [0.15, 0.2) is 5.78 Å². The number of aromatic nitrogens is 2. The molecule has 1 aromatic heterocycles. The van der Waals surface area contributed by atoms with Crippen molar-refractivity contribution in [2.24, 2.45) is 7.05 Å². The second-order valence-electron chi connectivity index (χ2n) is 2.43. The van der Waals surface area contributed by atoms with Gasteiger partial charge in [0.05, 0.1) is 11.3 Å². The van der Waals surface area contributed by atoms with E-state index in [-0.39, 0.29) is 11.3 Å². The number of hydrogen-bond donors (Lipinski definition) is 0. The van der Waals surface area contributed by atoms with Crippen LogP contribution in [0.5, 0.6) is 0 Å². The molecule has 0 bridgehead atoms. The summed E-state index contributed by atoms with van der Waals surface area (Å²) >= 11 is 4.24.